The van der Waals surface area contributed by atoms with Crippen LogP contribution in [0.15, 0.2) is 12.1 Å². The maximum Gasteiger partial charge on any atom is 0.418 e. The van der Waals surface area contributed by atoms with Crippen LogP contribution in [0.3, 0.4) is 0 Å². The van der Waals surface area contributed by atoms with Crippen molar-refractivity contribution < 1.29 is 13.2 Å². The molecule has 5 heteroatoms. The molecule has 1 aromatic carbocycles. The third-order valence-corrected chi connectivity index (χ3v) is 2.11. The van der Waals surface area contributed by atoms with Gasteiger partial charge in [-0.05, 0) is 24.1 Å². The van der Waals surface area contributed by atoms with Gasteiger partial charge in [0, 0.05) is 5.69 Å². The Hall–Kier alpha value is -1.70. The number of hydrogen-bond donors (Lipinski definition) is 1. The lowest BCUT2D eigenvalue weighted by atomic mass is 9.97. The van der Waals surface area contributed by atoms with Gasteiger partial charge < -0.3 is 5.73 Å². The highest BCUT2D eigenvalue weighted by atomic mass is 19.4. The summed E-state index contributed by atoms with van der Waals surface area (Å²) in [5.74, 6) is 0. The normalized spacial score (nSPS) is 11.1. The molecule has 0 unspecified atom stereocenters. The minimum atomic E-state index is -4.54. The summed E-state index contributed by atoms with van der Waals surface area (Å²) < 4.78 is 38.0. The number of nitrogens with two attached hydrogens (primary N) is 1. The van der Waals surface area contributed by atoms with Gasteiger partial charge in [-0.1, -0.05) is 6.92 Å². The van der Waals surface area contributed by atoms with Gasteiger partial charge in [0.25, 0.3) is 0 Å². The Morgan fingerprint density at radius 1 is 1.40 bits per heavy atom. The van der Waals surface area contributed by atoms with Crippen molar-refractivity contribution in [3.8, 4) is 6.07 Å². The predicted molar refractivity (Wildman–Crippen MR) is 49.9 cm³/mol. The monoisotopic (exact) mass is 214 g/mol. The summed E-state index contributed by atoms with van der Waals surface area (Å²) >= 11 is 0. The van der Waals surface area contributed by atoms with Crippen molar-refractivity contribution in [2.45, 2.75) is 19.5 Å². The SMILES string of the molecule is CCc1c(N)ccc(C#N)c1C(F)(F)F. The minimum absolute atomic E-state index is 0.0125. The van der Waals surface area contributed by atoms with Crippen molar-refractivity contribution in [3.63, 3.8) is 0 Å². The molecule has 0 amide bonds. The fourth-order valence-electron chi connectivity index (χ4n) is 1.46. The number of nitrogens with zero attached hydrogens (tertiary/aromatic N) is 1. The van der Waals surface area contributed by atoms with Crippen LogP contribution >= 0.6 is 0 Å². The van der Waals surface area contributed by atoms with Gasteiger partial charge in [-0.15, -0.1) is 0 Å². The van der Waals surface area contributed by atoms with Crippen molar-refractivity contribution in [1.82, 2.24) is 0 Å². The first kappa shape index (κ1) is 11.4. The molecule has 0 aliphatic heterocycles. The second-order valence-electron chi connectivity index (χ2n) is 3.02. The summed E-state index contributed by atoms with van der Waals surface area (Å²) in [6, 6.07) is 3.95. The molecule has 0 aliphatic rings. The molecule has 80 valence electrons. The van der Waals surface area contributed by atoms with Gasteiger partial charge in [0.15, 0.2) is 0 Å². The predicted octanol–water partition coefficient (Wildman–Crippen LogP) is 2.72. The number of rotatable bonds is 1. The lowest BCUT2D eigenvalue weighted by Gasteiger charge is -2.15. The molecule has 15 heavy (non-hydrogen) atoms. The van der Waals surface area contributed by atoms with E-state index in [1.165, 1.54) is 12.1 Å². The first-order valence-corrected chi connectivity index (χ1v) is 4.30. The maximum atomic E-state index is 12.7. The number of nitriles is 1. The number of benzene rings is 1. The van der Waals surface area contributed by atoms with Gasteiger partial charge in [-0.3, -0.25) is 0 Å². The van der Waals surface area contributed by atoms with Gasteiger partial charge in [0.1, 0.15) is 0 Å². The molecule has 0 radical (unpaired) electrons. The molecule has 0 aliphatic carbocycles. The molecule has 0 saturated carbocycles. The Kier molecular flexibility index (Phi) is 2.89. The van der Waals surface area contributed by atoms with Crippen molar-refractivity contribution in [2.24, 2.45) is 0 Å². The molecular formula is C10H9F3N2. The average molecular weight is 214 g/mol. The van der Waals surface area contributed by atoms with E-state index in [4.69, 9.17) is 11.0 Å². The molecule has 0 heterocycles. The van der Waals surface area contributed by atoms with E-state index in [0.717, 1.165) is 6.07 Å². The highest BCUT2D eigenvalue weighted by molar-refractivity contribution is 5.58. The minimum Gasteiger partial charge on any atom is -0.398 e. The molecule has 0 saturated heterocycles. The van der Waals surface area contributed by atoms with Crippen molar-refractivity contribution in [2.75, 3.05) is 5.73 Å². The first-order chi connectivity index (χ1) is 6.91. The number of hydrogen-bond acceptors (Lipinski definition) is 2. The molecule has 1 rings (SSSR count). The number of nitrogen functional groups attached to an aromatic ring is 1. The van der Waals surface area contributed by atoms with Gasteiger partial charge in [-0.25, -0.2) is 0 Å². The summed E-state index contributed by atoms with van der Waals surface area (Å²) in [5.41, 5.74) is 4.21. The smallest absolute Gasteiger partial charge is 0.398 e. The second kappa shape index (κ2) is 3.81. The molecule has 2 nitrogen and oxygen atoms in total. The third-order valence-electron chi connectivity index (χ3n) is 2.11. The van der Waals surface area contributed by atoms with Gasteiger partial charge in [-0.2, -0.15) is 18.4 Å². The van der Waals surface area contributed by atoms with Crippen LogP contribution in [-0.2, 0) is 12.6 Å². The van der Waals surface area contributed by atoms with Crippen molar-refractivity contribution >= 4 is 5.69 Å². The largest absolute Gasteiger partial charge is 0.418 e. The van der Waals surface area contributed by atoms with Crippen LogP contribution in [0.2, 0.25) is 0 Å². The van der Waals surface area contributed by atoms with E-state index < -0.39 is 11.7 Å². The molecule has 1 aromatic rings. The molecule has 0 aromatic heterocycles. The average Bonchev–Trinajstić information content (AvgIpc) is 2.15. The number of alkyl halides is 3. The second-order valence-corrected chi connectivity index (χ2v) is 3.02. The summed E-state index contributed by atoms with van der Waals surface area (Å²) in [6.45, 7) is 1.57. The van der Waals surface area contributed by atoms with E-state index in [9.17, 15) is 13.2 Å². The van der Waals surface area contributed by atoms with Gasteiger partial charge >= 0.3 is 6.18 Å². The fourth-order valence-corrected chi connectivity index (χ4v) is 1.46. The third kappa shape index (κ3) is 2.04. The number of halogens is 3. The summed E-state index contributed by atoms with van der Waals surface area (Å²) in [7, 11) is 0. The topological polar surface area (TPSA) is 49.8 Å². The standard InChI is InChI=1S/C10H9F3N2/c1-2-7-8(15)4-3-6(5-14)9(7)10(11,12)13/h3-4H,2,15H2,1H3. The van der Waals surface area contributed by atoms with Crippen molar-refractivity contribution in [3.05, 3.63) is 28.8 Å². The van der Waals surface area contributed by atoms with Gasteiger partial charge in [0.2, 0.25) is 0 Å². The van der Waals surface area contributed by atoms with Crippen LogP contribution in [-0.4, -0.2) is 0 Å². The van der Waals surface area contributed by atoms with Crippen LogP contribution < -0.4 is 5.73 Å². The van der Waals surface area contributed by atoms with E-state index in [1.54, 1.807) is 6.92 Å². The zero-order valence-electron chi connectivity index (χ0n) is 8.02. The Morgan fingerprint density at radius 2 is 2.00 bits per heavy atom. The summed E-state index contributed by atoms with van der Waals surface area (Å²) in [6.07, 6.45) is -4.39. The van der Waals surface area contributed by atoms with E-state index >= 15 is 0 Å². The molecule has 0 atom stereocenters. The van der Waals surface area contributed by atoms with E-state index in [2.05, 4.69) is 0 Å². The zero-order valence-corrected chi connectivity index (χ0v) is 8.02. The van der Waals surface area contributed by atoms with E-state index in [-0.39, 0.29) is 23.2 Å². The molecule has 0 fully saturated rings. The fraction of sp³-hybridized carbons (Fsp3) is 0.300. The van der Waals surface area contributed by atoms with E-state index in [1.807, 2.05) is 0 Å². The Balaban J connectivity index is 3.57. The summed E-state index contributed by atoms with van der Waals surface area (Å²) in [5, 5.41) is 8.60. The molecule has 0 spiro atoms. The Labute approximate surface area is 85.1 Å². The van der Waals surface area contributed by atoms with Crippen LogP contribution in [0.4, 0.5) is 18.9 Å². The quantitative estimate of drug-likeness (QED) is 0.730. The highest BCUT2D eigenvalue weighted by Gasteiger charge is 2.36. The van der Waals surface area contributed by atoms with Crippen molar-refractivity contribution in [1.29, 1.82) is 5.26 Å². The Morgan fingerprint density at radius 3 is 2.40 bits per heavy atom. The zero-order chi connectivity index (χ0) is 11.6. The van der Waals surface area contributed by atoms with Crippen LogP contribution in [0.1, 0.15) is 23.6 Å². The van der Waals surface area contributed by atoms with Crippen LogP contribution in [0.5, 0.6) is 0 Å². The van der Waals surface area contributed by atoms with Gasteiger partial charge in [0.05, 0.1) is 17.2 Å². The highest BCUT2D eigenvalue weighted by Crippen LogP contribution is 2.36. The molecule has 2 N–H and O–H groups in total. The van der Waals surface area contributed by atoms with Crippen LogP contribution in [0, 0.1) is 11.3 Å². The lowest BCUT2D eigenvalue weighted by molar-refractivity contribution is -0.138. The van der Waals surface area contributed by atoms with Crippen LogP contribution in [0.25, 0.3) is 0 Å². The summed E-state index contributed by atoms with van der Waals surface area (Å²) in [4.78, 5) is 0. The lowest BCUT2D eigenvalue weighted by Crippen LogP contribution is -2.13. The molecular weight excluding hydrogens is 205 g/mol. The Bertz CT molecular complexity index is 416. The maximum absolute atomic E-state index is 12.7. The molecule has 0 bridgehead atoms. The van der Waals surface area contributed by atoms with E-state index in [0.29, 0.717) is 0 Å². The number of anilines is 1. The first-order valence-electron chi connectivity index (χ1n) is 4.30.